The second-order valence-electron chi connectivity index (χ2n) is 5.11. The predicted molar refractivity (Wildman–Crippen MR) is 99.6 cm³/mol. The molecule has 25 heavy (non-hydrogen) atoms. The SMILES string of the molecule is COc1ccc(S(=O)(=O)NCc2cccnc2-c2cccs2)cc1Cl. The largest absolute Gasteiger partial charge is 0.495 e. The summed E-state index contributed by atoms with van der Waals surface area (Å²) < 4.78 is 32.7. The molecule has 0 unspecified atom stereocenters. The molecule has 0 saturated carbocycles. The number of pyridine rings is 1. The van der Waals surface area contributed by atoms with E-state index in [0.717, 1.165) is 16.1 Å². The standard InChI is InChI=1S/C17H15ClN2O3S2/c1-23-15-7-6-13(10-14(15)18)25(21,22)20-11-12-4-2-8-19-17(12)16-5-3-9-24-16/h2-10,20H,11H2,1H3. The summed E-state index contributed by atoms with van der Waals surface area (Å²) in [6, 6.07) is 11.9. The quantitative estimate of drug-likeness (QED) is 0.687. The van der Waals surface area contributed by atoms with Crippen molar-refractivity contribution in [2.24, 2.45) is 0 Å². The van der Waals surface area contributed by atoms with Crippen LogP contribution in [-0.4, -0.2) is 20.5 Å². The molecule has 0 amide bonds. The van der Waals surface area contributed by atoms with Crippen LogP contribution in [0.2, 0.25) is 5.02 Å². The van der Waals surface area contributed by atoms with E-state index in [1.807, 2.05) is 23.6 Å². The Labute approximate surface area is 155 Å². The van der Waals surface area contributed by atoms with Gasteiger partial charge in [0, 0.05) is 12.7 Å². The van der Waals surface area contributed by atoms with Gasteiger partial charge in [0.25, 0.3) is 0 Å². The fourth-order valence-electron chi connectivity index (χ4n) is 2.29. The summed E-state index contributed by atoms with van der Waals surface area (Å²) in [7, 11) is -2.23. The number of hydrogen-bond acceptors (Lipinski definition) is 5. The van der Waals surface area contributed by atoms with Crippen LogP contribution in [0, 0.1) is 0 Å². The first-order valence-corrected chi connectivity index (χ1v) is 10.1. The maximum atomic E-state index is 12.5. The van der Waals surface area contributed by atoms with Gasteiger partial charge in [-0.2, -0.15) is 0 Å². The number of nitrogens with zero attached hydrogens (tertiary/aromatic N) is 1. The molecule has 0 aliphatic carbocycles. The Morgan fingerprint density at radius 3 is 2.76 bits per heavy atom. The van der Waals surface area contributed by atoms with Gasteiger partial charge in [-0.3, -0.25) is 4.98 Å². The Kier molecular flexibility index (Phi) is 5.39. The second-order valence-corrected chi connectivity index (χ2v) is 8.23. The molecule has 1 aromatic carbocycles. The summed E-state index contributed by atoms with van der Waals surface area (Å²) in [6.45, 7) is 0.132. The van der Waals surface area contributed by atoms with Crippen LogP contribution < -0.4 is 9.46 Å². The van der Waals surface area contributed by atoms with Gasteiger partial charge in [-0.25, -0.2) is 13.1 Å². The van der Waals surface area contributed by atoms with E-state index in [2.05, 4.69) is 9.71 Å². The van der Waals surface area contributed by atoms with Crippen LogP contribution in [0.3, 0.4) is 0 Å². The molecule has 2 aromatic heterocycles. The van der Waals surface area contributed by atoms with Gasteiger partial charge < -0.3 is 4.74 Å². The van der Waals surface area contributed by atoms with Crippen molar-refractivity contribution < 1.29 is 13.2 Å². The smallest absolute Gasteiger partial charge is 0.240 e. The summed E-state index contributed by atoms with van der Waals surface area (Å²) in [6.07, 6.45) is 1.69. The lowest BCUT2D eigenvalue weighted by molar-refractivity contribution is 0.414. The first-order valence-electron chi connectivity index (χ1n) is 7.32. The van der Waals surface area contributed by atoms with Gasteiger partial charge >= 0.3 is 0 Å². The number of rotatable bonds is 6. The Hall–Kier alpha value is -1.93. The zero-order valence-corrected chi connectivity index (χ0v) is 15.7. The molecular formula is C17H15ClN2O3S2. The van der Waals surface area contributed by atoms with Crippen LogP contribution in [0.1, 0.15) is 5.56 Å². The monoisotopic (exact) mass is 394 g/mol. The number of aromatic nitrogens is 1. The highest BCUT2D eigenvalue weighted by molar-refractivity contribution is 7.89. The number of benzene rings is 1. The van der Waals surface area contributed by atoms with Gasteiger partial charge in [-0.1, -0.05) is 23.7 Å². The third kappa shape index (κ3) is 4.01. The summed E-state index contributed by atoms with van der Waals surface area (Å²) in [5.74, 6) is 0.424. The van der Waals surface area contributed by atoms with Crippen LogP contribution in [0.5, 0.6) is 5.75 Å². The van der Waals surface area contributed by atoms with Crippen LogP contribution in [0.15, 0.2) is 58.9 Å². The molecule has 0 atom stereocenters. The normalized spacial score (nSPS) is 11.4. The van der Waals surface area contributed by atoms with Crippen LogP contribution in [-0.2, 0) is 16.6 Å². The molecule has 3 aromatic rings. The van der Waals surface area contributed by atoms with E-state index >= 15 is 0 Å². The van der Waals surface area contributed by atoms with E-state index in [-0.39, 0.29) is 16.5 Å². The molecule has 8 heteroatoms. The molecule has 0 saturated heterocycles. The van der Waals surface area contributed by atoms with Crippen LogP contribution in [0.25, 0.3) is 10.6 Å². The number of thiophene rings is 1. The summed E-state index contributed by atoms with van der Waals surface area (Å²) in [4.78, 5) is 5.44. The maximum absolute atomic E-state index is 12.5. The number of ether oxygens (including phenoxy) is 1. The first-order chi connectivity index (χ1) is 12.0. The lowest BCUT2D eigenvalue weighted by Crippen LogP contribution is -2.23. The van der Waals surface area contributed by atoms with Crippen LogP contribution in [0.4, 0.5) is 0 Å². The minimum atomic E-state index is -3.71. The molecular weight excluding hydrogens is 380 g/mol. The molecule has 2 heterocycles. The van der Waals surface area contributed by atoms with Crippen molar-refractivity contribution >= 4 is 33.0 Å². The minimum absolute atomic E-state index is 0.0832. The van der Waals surface area contributed by atoms with Gasteiger partial charge in [0.05, 0.1) is 27.6 Å². The highest BCUT2D eigenvalue weighted by Gasteiger charge is 2.17. The van der Waals surface area contributed by atoms with Crippen molar-refractivity contribution in [3.05, 3.63) is 64.6 Å². The third-order valence-corrected chi connectivity index (χ3v) is 6.10. The molecule has 3 rings (SSSR count). The second kappa shape index (κ2) is 7.53. The van der Waals surface area contributed by atoms with E-state index < -0.39 is 10.0 Å². The lowest BCUT2D eigenvalue weighted by Gasteiger charge is -2.11. The van der Waals surface area contributed by atoms with Crippen molar-refractivity contribution in [1.82, 2.24) is 9.71 Å². The third-order valence-electron chi connectivity index (χ3n) is 3.53. The molecule has 0 bridgehead atoms. The molecule has 0 aliphatic rings. The number of methoxy groups -OCH3 is 1. The Balaban J connectivity index is 1.83. The van der Waals surface area contributed by atoms with Crippen molar-refractivity contribution in [2.75, 3.05) is 7.11 Å². The highest BCUT2D eigenvalue weighted by atomic mass is 35.5. The van der Waals surface area contributed by atoms with Gasteiger partial charge in [0.1, 0.15) is 5.75 Å². The predicted octanol–water partition coefficient (Wildman–Crippen LogP) is 3.95. The van der Waals surface area contributed by atoms with Gasteiger partial charge in [0.2, 0.25) is 10.0 Å². The zero-order valence-electron chi connectivity index (χ0n) is 13.3. The molecule has 130 valence electrons. The lowest BCUT2D eigenvalue weighted by atomic mass is 10.2. The summed E-state index contributed by atoms with van der Waals surface area (Å²) >= 11 is 7.57. The van der Waals surface area contributed by atoms with E-state index in [1.54, 1.807) is 23.6 Å². The molecule has 1 N–H and O–H groups in total. The minimum Gasteiger partial charge on any atom is -0.495 e. The van der Waals surface area contributed by atoms with Crippen molar-refractivity contribution in [1.29, 1.82) is 0 Å². The highest BCUT2D eigenvalue weighted by Crippen LogP contribution is 2.28. The maximum Gasteiger partial charge on any atom is 0.240 e. The van der Waals surface area contributed by atoms with Gasteiger partial charge in [-0.05, 0) is 41.3 Å². The molecule has 0 spiro atoms. The van der Waals surface area contributed by atoms with E-state index in [4.69, 9.17) is 16.3 Å². The molecule has 0 aliphatic heterocycles. The molecule has 0 radical (unpaired) electrons. The fourth-order valence-corrected chi connectivity index (χ4v) is 4.40. The van der Waals surface area contributed by atoms with Gasteiger partial charge in [-0.15, -0.1) is 11.3 Å². The summed E-state index contributed by atoms with van der Waals surface area (Å²) in [5, 5.41) is 2.20. The Bertz CT molecular complexity index is 973. The number of sulfonamides is 1. The molecule has 0 fully saturated rings. The molecule has 5 nitrogen and oxygen atoms in total. The summed E-state index contributed by atoms with van der Waals surface area (Å²) in [5.41, 5.74) is 1.57. The first kappa shape index (κ1) is 17.9. The van der Waals surface area contributed by atoms with E-state index in [0.29, 0.717) is 5.75 Å². The average molecular weight is 395 g/mol. The van der Waals surface area contributed by atoms with Crippen molar-refractivity contribution in [2.45, 2.75) is 11.4 Å². The zero-order chi connectivity index (χ0) is 17.9. The number of hydrogen-bond donors (Lipinski definition) is 1. The Morgan fingerprint density at radius 1 is 1.24 bits per heavy atom. The van der Waals surface area contributed by atoms with Crippen molar-refractivity contribution in [3.8, 4) is 16.3 Å². The number of halogens is 1. The number of nitrogens with one attached hydrogen (secondary N) is 1. The van der Waals surface area contributed by atoms with Crippen LogP contribution >= 0.6 is 22.9 Å². The topological polar surface area (TPSA) is 68.3 Å². The van der Waals surface area contributed by atoms with Crippen molar-refractivity contribution in [3.63, 3.8) is 0 Å². The van der Waals surface area contributed by atoms with Gasteiger partial charge in [0.15, 0.2) is 0 Å². The van der Waals surface area contributed by atoms with E-state index in [9.17, 15) is 8.42 Å². The van der Waals surface area contributed by atoms with E-state index in [1.165, 1.54) is 25.3 Å². The fraction of sp³-hybridized carbons (Fsp3) is 0.118. The average Bonchev–Trinajstić information content (AvgIpc) is 3.14. The Morgan fingerprint density at radius 2 is 2.08 bits per heavy atom.